The van der Waals surface area contributed by atoms with Gasteiger partial charge in [0.05, 0.1) is 27.7 Å². The average Bonchev–Trinajstić information content (AvgIpc) is 2.97. The highest BCUT2D eigenvalue weighted by Gasteiger charge is 2.21. The molecule has 0 aromatic heterocycles. The lowest BCUT2D eigenvalue weighted by atomic mass is 10.0. The van der Waals surface area contributed by atoms with Crippen LogP contribution in [-0.2, 0) is 32.7 Å². The smallest absolute Gasteiger partial charge is 0.306 e. The predicted octanol–water partition coefficient (Wildman–Crippen LogP) is 8.66. The van der Waals surface area contributed by atoms with Gasteiger partial charge in [-0.2, -0.15) is 0 Å². The molecule has 0 aliphatic heterocycles. The molecule has 0 bridgehead atoms. The predicted molar refractivity (Wildman–Crippen MR) is 181 cm³/mol. The maximum absolute atomic E-state index is 12.5. The Kier molecular flexibility index (Phi) is 28.5. The van der Waals surface area contributed by atoms with Gasteiger partial charge in [-0.1, -0.05) is 136 Å². The Hall–Kier alpha value is -0.990. The number of ether oxygens (including phenoxy) is 2. The molecule has 0 aliphatic carbocycles. The maximum atomic E-state index is 12.5. The molecule has 0 aromatic rings. The van der Waals surface area contributed by atoms with Gasteiger partial charge in [-0.25, -0.2) is 0 Å². The van der Waals surface area contributed by atoms with Crippen LogP contribution in [0, 0.1) is 0 Å². The second-order valence-electron chi connectivity index (χ2n) is 13.6. The van der Waals surface area contributed by atoms with Gasteiger partial charge in [0.2, 0.25) is 0 Å². The van der Waals surface area contributed by atoms with Crippen LogP contribution >= 0.6 is 7.82 Å². The molecule has 9 nitrogen and oxygen atoms in total. The minimum absolute atomic E-state index is 0.0265. The third-order valence-corrected chi connectivity index (χ3v) is 8.84. The minimum atomic E-state index is -4.60. The molecule has 45 heavy (non-hydrogen) atoms. The first-order valence-corrected chi connectivity index (χ1v) is 19.7. The summed E-state index contributed by atoms with van der Waals surface area (Å²) in [4.78, 5) is 37.1. The fraction of sp³-hybridized carbons (Fsp3) is 0.943. The molecule has 0 radical (unpaired) electrons. The zero-order valence-corrected chi connectivity index (χ0v) is 30.7. The number of hydrogen-bond acceptors (Lipinski definition) is 8. The van der Waals surface area contributed by atoms with Gasteiger partial charge in [-0.05, 0) is 12.8 Å². The van der Waals surface area contributed by atoms with E-state index in [-0.39, 0.29) is 32.0 Å². The number of unbranched alkanes of at least 4 members (excludes halogenated alkanes) is 19. The minimum Gasteiger partial charge on any atom is -0.756 e. The third kappa shape index (κ3) is 32.7. The number of hydrogen-bond donors (Lipinski definition) is 0. The summed E-state index contributed by atoms with van der Waals surface area (Å²) >= 11 is 0. The highest BCUT2D eigenvalue weighted by atomic mass is 31.2. The Labute approximate surface area is 276 Å². The molecule has 0 amide bonds. The number of esters is 2. The third-order valence-electron chi connectivity index (χ3n) is 7.88. The van der Waals surface area contributed by atoms with Crippen LogP contribution in [0.25, 0.3) is 0 Å². The Morgan fingerprint density at radius 3 is 1.42 bits per heavy atom. The summed E-state index contributed by atoms with van der Waals surface area (Å²) in [5, 5.41) is 0. The summed E-state index contributed by atoms with van der Waals surface area (Å²) in [5.74, 6) is -0.835. The lowest BCUT2D eigenvalue weighted by molar-refractivity contribution is -0.870. The molecule has 268 valence electrons. The van der Waals surface area contributed by atoms with Crippen LogP contribution in [0.3, 0.4) is 0 Å². The highest BCUT2D eigenvalue weighted by molar-refractivity contribution is 7.45. The van der Waals surface area contributed by atoms with Crippen molar-refractivity contribution >= 4 is 19.8 Å². The van der Waals surface area contributed by atoms with E-state index in [1.165, 1.54) is 96.3 Å². The Morgan fingerprint density at radius 1 is 0.600 bits per heavy atom. The summed E-state index contributed by atoms with van der Waals surface area (Å²) < 4.78 is 33.6. The average molecular weight is 664 g/mol. The molecule has 0 saturated carbocycles. The number of quaternary nitrogens is 1. The van der Waals surface area contributed by atoms with Crippen LogP contribution in [0.5, 0.6) is 0 Å². The lowest BCUT2D eigenvalue weighted by Gasteiger charge is -2.28. The summed E-state index contributed by atoms with van der Waals surface area (Å²) in [6.07, 6.45) is 24.3. The van der Waals surface area contributed by atoms with Crippen LogP contribution < -0.4 is 4.89 Å². The zero-order chi connectivity index (χ0) is 33.7. The molecule has 0 heterocycles. The van der Waals surface area contributed by atoms with Gasteiger partial charge in [0.15, 0.2) is 6.10 Å². The summed E-state index contributed by atoms with van der Waals surface area (Å²) in [6, 6.07) is 0. The van der Waals surface area contributed by atoms with E-state index >= 15 is 0 Å². The van der Waals surface area contributed by atoms with Gasteiger partial charge < -0.3 is 27.9 Å². The molecular formula is C35H70NO8P. The van der Waals surface area contributed by atoms with Crippen molar-refractivity contribution in [3.63, 3.8) is 0 Å². The summed E-state index contributed by atoms with van der Waals surface area (Å²) in [6.45, 7) is 4.17. The fourth-order valence-corrected chi connectivity index (χ4v) is 5.68. The van der Waals surface area contributed by atoms with Crippen molar-refractivity contribution in [2.75, 3.05) is 47.5 Å². The second-order valence-corrected chi connectivity index (χ2v) is 15.0. The van der Waals surface area contributed by atoms with E-state index in [9.17, 15) is 19.0 Å². The van der Waals surface area contributed by atoms with Crippen LogP contribution in [0.2, 0.25) is 0 Å². The first-order valence-electron chi connectivity index (χ1n) is 18.2. The first kappa shape index (κ1) is 44.0. The van der Waals surface area contributed by atoms with E-state index < -0.39 is 26.5 Å². The second kappa shape index (κ2) is 29.2. The molecule has 0 rings (SSSR count). The maximum Gasteiger partial charge on any atom is 0.306 e. The van der Waals surface area contributed by atoms with Crippen LogP contribution in [-0.4, -0.2) is 70.0 Å². The van der Waals surface area contributed by atoms with E-state index in [4.69, 9.17) is 18.5 Å². The molecule has 1 unspecified atom stereocenters. The fourth-order valence-electron chi connectivity index (χ4n) is 4.95. The van der Waals surface area contributed by atoms with Crippen molar-refractivity contribution in [1.29, 1.82) is 0 Å². The zero-order valence-electron chi connectivity index (χ0n) is 29.8. The number of phosphoric acid groups is 1. The largest absolute Gasteiger partial charge is 0.756 e. The van der Waals surface area contributed by atoms with Gasteiger partial charge in [0.25, 0.3) is 7.82 Å². The van der Waals surface area contributed by atoms with Crippen molar-refractivity contribution in [3.8, 4) is 0 Å². The monoisotopic (exact) mass is 663 g/mol. The quantitative estimate of drug-likeness (QED) is 0.0297. The van der Waals surface area contributed by atoms with Gasteiger partial charge >= 0.3 is 11.9 Å². The standard InChI is InChI=1S/C35H70NO8P/c1-6-8-10-12-14-15-16-17-18-19-20-22-24-26-28-35(38)44-33(32-43-45(39,40)42-30-29-36(3,4)5)31-41-34(37)27-25-23-21-13-11-9-7-2/h33H,6-32H2,1-5H3/t33-/m1/s1. The van der Waals surface area contributed by atoms with Crippen LogP contribution in [0.1, 0.15) is 162 Å². The Bertz CT molecular complexity index is 758. The van der Waals surface area contributed by atoms with E-state index in [1.807, 2.05) is 21.1 Å². The Balaban J connectivity index is 4.39. The van der Waals surface area contributed by atoms with Gasteiger partial charge in [0, 0.05) is 12.8 Å². The number of rotatable bonds is 33. The molecule has 0 aliphatic rings. The molecule has 2 atom stereocenters. The van der Waals surface area contributed by atoms with Gasteiger partial charge in [0.1, 0.15) is 19.8 Å². The van der Waals surface area contributed by atoms with E-state index in [1.54, 1.807) is 0 Å². The molecule has 0 N–H and O–H groups in total. The van der Waals surface area contributed by atoms with Crippen molar-refractivity contribution < 1.29 is 42.1 Å². The van der Waals surface area contributed by atoms with E-state index in [0.29, 0.717) is 17.4 Å². The number of nitrogens with zero attached hydrogens (tertiary/aromatic N) is 1. The number of carbonyl (C=O) groups is 2. The van der Waals surface area contributed by atoms with Gasteiger partial charge in [-0.3, -0.25) is 14.2 Å². The number of phosphoric ester groups is 1. The molecule has 0 fully saturated rings. The molecular weight excluding hydrogens is 593 g/mol. The van der Waals surface area contributed by atoms with E-state index in [0.717, 1.165) is 32.1 Å². The van der Waals surface area contributed by atoms with Crippen LogP contribution in [0.4, 0.5) is 0 Å². The lowest BCUT2D eigenvalue weighted by Crippen LogP contribution is -2.37. The highest BCUT2D eigenvalue weighted by Crippen LogP contribution is 2.38. The summed E-state index contributed by atoms with van der Waals surface area (Å²) in [5.41, 5.74) is 0. The molecule has 0 spiro atoms. The topological polar surface area (TPSA) is 111 Å². The van der Waals surface area contributed by atoms with E-state index in [2.05, 4.69) is 13.8 Å². The van der Waals surface area contributed by atoms with Crippen LogP contribution in [0.15, 0.2) is 0 Å². The van der Waals surface area contributed by atoms with Crippen molar-refractivity contribution in [3.05, 3.63) is 0 Å². The number of likely N-dealkylation sites (N-methyl/N-ethyl adjacent to an activating group) is 1. The van der Waals surface area contributed by atoms with Crippen molar-refractivity contribution in [2.24, 2.45) is 0 Å². The number of carbonyl (C=O) groups excluding carboxylic acids is 2. The van der Waals surface area contributed by atoms with Crippen molar-refractivity contribution in [2.45, 2.75) is 168 Å². The first-order chi connectivity index (χ1) is 21.5. The van der Waals surface area contributed by atoms with Gasteiger partial charge in [-0.15, -0.1) is 0 Å². The normalized spacial score (nSPS) is 13.8. The SMILES string of the molecule is CCCCCCCCCCCCCCCCC(=O)O[C@H](COC(=O)CCCCCCCCC)COP(=O)([O-])OCC[N+](C)(C)C. The molecule has 10 heteroatoms. The van der Waals surface area contributed by atoms with Crippen molar-refractivity contribution in [1.82, 2.24) is 0 Å². The Morgan fingerprint density at radius 2 is 1.00 bits per heavy atom. The molecule has 0 aromatic carbocycles. The molecule has 0 saturated heterocycles. The summed E-state index contributed by atoms with van der Waals surface area (Å²) in [7, 11) is 1.17.